The number of nitrogens with one attached hydrogen (secondary N) is 1. The molecule has 4 aromatic rings. The summed E-state index contributed by atoms with van der Waals surface area (Å²) in [6, 6.07) is 13.8. The van der Waals surface area contributed by atoms with Crippen LogP contribution in [0, 0.1) is 0 Å². The Morgan fingerprint density at radius 3 is 2.57 bits per heavy atom. The van der Waals surface area contributed by atoms with Crippen molar-refractivity contribution < 1.29 is 9.47 Å². The first-order chi connectivity index (χ1) is 14.8. The van der Waals surface area contributed by atoms with Gasteiger partial charge in [-0.05, 0) is 35.4 Å². The van der Waals surface area contributed by atoms with E-state index in [1.807, 2.05) is 48.7 Å². The first-order valence-electron chi connectivity index (χ1n) is 9.51. The van der Waals surface area contributed by atoms with Crippen LogP contribution in [0.15, 0.2) is 73.7 Å². The lowest BCUT2D eigenvalue weighted by Crippen LogP contribution is -2.13. The molecule has 4 rings (SSSR count). The van der Waals surface area contributed by atoms with Crippen molar-refractivity contribution in [2.45, 2.75) is 19.7 Å². The predicted octanol–water partition coefficient (Wildman–Crippen LogP) is 2.93. The minimum absolute atomic E-state index is 0.435. The van der Waals surface area contributed by atoms with Crippen LogP contribution in [0.2, 0.25) is 0 Å². The fourth-order valence-corrected chi connectivity index (χ4v) is 2.92. The van der Waals surface area contributed by atoms with Crippen molar-refractivity contribution >= 4 is 0 Å². The molecule has 0 aliphatic rings. The molecule has 0 aliphatic carbocycles. The average molecular weight is 402 g/mol. The number of pyridine rings is 2. The molecule has 152 valence electrons. The molecule has 0 amide bonds. The number of methoxy groups -OCH3 is 1. The third-order valence-electron chi connectivity index (χ3n) is 4.47. The van der Waals surface area contributed by atoms with E-state index < -0.39 is 0 Å². The van der Waals surface area contributed by atoms with E-state index in [1.54, 1.807) is 30.5 Å². The summed E-state index contributed by atoms with van der Waals surface area (Å²) in [6.45, 7) is 1.82. The van der Waals surface area contributed by atoms with Crippen LogP contribution >= 0.6 is 0 Å². The average Bonchev–Trinajstić information content (AvgIpc) is 3.34. The molecule has 8 nitrogen and oxygen atoms in total. The Bertz CT molecular complexity index is 1050. The van der Waals surface area contributed by atoms with Crippen molar-refractivity contribution in [1.29, 1.82) is 0 Å². The second kappa shape index (κ2) is 9.62. The molecular weight excluding hydrogens is 380 g/mol. The number of rotatable bonds is 9. The highest BCUT2D eigenvalue weighted by molar-refractivity contribution is 5.43. The van der Waals surface area contributed by atoms with Gasteiger partial charge in [0.1, 0.15) is 19.3 Å². The maximum Gasteiger partial charge on any atom is 0.161 e. The van der Waals surface area contributed by atoms with Gasteiger partial charge in [-0.15, -0.1) is 0 Å². The zero-order chi connectivity index (χ0) is 20.6. The van der Waals surface area contributed by atoms with Gasteiger partial charge in [-0.3, -0.25) is 4.98 Å². The molecule has 0 saturated carbocycles. The highest BCUT2D eigenvalue weighted by Gasteiger charge is 2.07. The molecule has 3 aromatic heterocycles. The second-order valence-corrected chi connectivity index (χ2v) is 6.60. The molecule has 1 aromatic carbocycles. The maximum atomic E-state index is 5.95. The van der Waals surface area contributed by atoms with Gasteiger partial charge < -0.3 is 14.8 Å². The van der Waals surface area contributed by atoms with Crippen molar-refractivity contribution in [1.82, 2.24) is 30.0 Å². The van der Waals surface area contributed by atoms with Crippen LogP contribution in [-0.2, 0) is 19.7 Å². The fourth-order valence-electron chi connectivity index (χ4n) is 2.92. The Balaban J connectivity index is 1.34. The first-order valence-corrected chi connectivity index (χ1v) is 9.51. The van der Waals surface area contributed by atoms with E-state index in [2.05, 4.69) is 25.4 Å². The number of hydrogen-bond donors (Lipinski definition) is 1. The van der Waals surface area contributed by atoms with Gasteiger partial charge in [0, 0.05) is 37.2 Å². The summed E-state index contributed by atoms with van der Waals surface area (Å²) in [5, 5.41) is 7.51. The summed E-state index contributed by atoms with van der Waals surface area (Å²) in [5.41, 5.74) is 3.19. The molecule has 3 heterocycles. The van der Waals surface area contributed by atoms with Crippen molar-refractivity contribution in [3.63, 3.8) is 0 Å². The lowest BCUT2D eigenvalue weighted by Gasteiger charge is -2.13. The van der Waals surface area contributed by atoms with Crippen molar-refractivity contribution in [2.24, 2.45) is 0 Å². The summed E-state index contributed by atoms with van der Waals surface area (Å²) in [6.07, 6.45) is 8.48. The molecule has 0 bridgehead atoms. The second-order valence-electron chi connectivity index (χ2n) is 6.60. The smallest absolute Gasteiger partial charge is 0.161 e. The summed E-state index contributed by atoms with van der Waals surface area (Å²) < 4.78 is 13.0. The summed E-state index contributed by atoms with van der Waals surface area (Å²) in [7, 11) is 1.64. The number of hydrogen-bond acceptors (Lipinski definition) is 7. The third-order valence-corrected chi connectivity index (χ3v) is 4.47. The Hall–Kier alpha value is -3.78. The van der Waals surface area contributed by atoms with Crippen LogP contribution in [0.3, 0.4) is 0 Å². The molecule has 1 N–H and O–H groups in total. The standard InChI is InChI=1S/C22H22N6O2/c1-29-20-6-4-17(9-21(20)30-14-19-3-2-8-23-12-19)10-24-11-18-5-7-22(26-13-18)28-16-25-15-27-28/h2-9,12-13,15-16,24H,10-11,14H2,1H3. The van der Waals surface area contributed by atoms with Crippen LogP contribution < -0.4 is 14.8 Å². The molecule has 0 radical (unpaired) electrons. The molecule has 0 aliphatic heterocycles. The number of nitrogens with zero attached hydrogens (tertiary/aromatic N) is 5. The zero-order valence-electron chi connectivity index (χ0n) is 16.6. The lowest BCUT2D eigenvalue weighted by molar-refractivity contribution is 0.283. The third kappa shape index (κ3) is 4.98. The quantitative estimate of drug-likeness (QED) is 0.461. The topological polar surface area (TPSA) is 87.0 Å². The van der Waals surface area contributed by atoms with E-state index in [1.165, 1.54) is 6.33 Å². The normalized spacial score (nSPS) is 10.7. The van der Waals surface area contributed by atoms with Gasteiger partial charge in [0.05, 0.1) is 7.11 Å². The van der Waals surface area contributed by atoms with Gasteiger partial charge in [-0.1, -0.05) is 18.2 Å². The largest absolute Gasteiger partial charge is 0.493 e. The molecule has 0 unspecified atom stereocenters. The van der Waals surface area contributed by atoms with E-state index in [-0.39, 0.29) is 0 Å². The Morgan fingerprint density at radius 1 is 0.933 bits per heavy atom. The SMILES string of the molecule is COc1ccc(CNCc2ccc(-n3cncn3)nc2)cc1OCc1cccnc1. The molecule has 0 spiro atoms. The van der Waals surface area contributed by atoms with E-state index in [0.717, 1.165) is 22.5 Å². The van der Waals surface area contributed by atoms with E-state index >= 15 is 0 Å². The maximum absolute atomic E-state index is 5.95. The number of ether oxygens (including phenoxy) is 2. The fraction of sp³-hybridized carbons (Fsp3) is 0.182. The Labute approximate surface area is 174 Å². The van der Waals surface area contributed by atoms with Crippen LogP contribution in [0.4, 0.5) is 0 Å². The number of benzene rings is 1. The molecular formula is C22H22N6O2. The van der Waals surface area contributed by atoms with Crippen LogP contribution in [0.5, 0.6) is 11.5 Å². The summed E-state index contributed by atoms with van der Waals surface area (Å²) in [5.74, 6) is 2.15. The van der Waals surface area contributed by atoms with Crippen molar-refractivity contribution in [3.05, 3.63) is 90.4 Å². The van der Waals surface area contributed by atoms with Gasteiger partial charge >= 0.3 is 0 Å². The minimum atomic E-state index is 0.435. The van der Waals surface area contributed by atoms with Gasteiger partial charge in [-0.2, -0.15) is 5.10 Å². The molecule has 0 fully saturated rings. The summed E-state index contributed by atoms with van der Waals surface area (Å²) in [4.78, 5) is 12.5. The number of aromatic nitrogens is 5. The van der Waals surface area contributed by atoms with Crippen LogP contribution in [0.1, 0.15) is 16.7 Å². The molecule has 30 heavy (non-hydrogen) atoms. The van der Waals surface area contributed by atoms with Crippen LogP contribution in [0.25, 0.3) is 5.82 Å². The molecule has 0 atom stereocenters. The first kappa shape index (κ1) is 19.5. The summed E-state index contributed by atoms with van der Waals surface area (Å²) >= 11 is 0. The van der Waals surface area contributed by atoms with Gasteiger partial charge in [0.2, 0.25) is 0 Å². The van der Waals surface area contributed by atoms with Gasteiger partial charge in [-0.25, -0.2) is 14.6 Å². The highest BCUT2D eigenvalue weighted by Crippen LogP contribution is 2.28. The molecule has 0 saturated heterocycles. The minimum Gasteiger partial charge on any atom is -0.493 e. The van der Waals surface area contributed by atoms with Crippen LogP contribution in [-0.4, -0.2) is 31.8 Å². The van der Waals surface area contributed by atoms with E-state index in [0.29, 0.717) is 31.2 Å². The van der Waals surface area contributed by atoms with E-state index in [9.17, 15) is 0 Å². The van der Waals surface area contributed by atoms with Gasteiger partial charge in [0.15, 0.2) is 17.3 Å². The van der Waals surface area contributed by atoms with Crippen molar-refractivity contribution in [2.75, 3.05) is 7.11 Å². The van der Waals surface area contributed by atoms with Gasteiger partial charge in [0.25, 0.3) is 0 Å². The lowest BCUT2D eigenvalue weighted by atomic mass is 10.2. The Kier molecular flexibility index (Phi) is 6.26. The zero-order valence-corrected chi connectivity index (χ0v) is 16.6. The Morgan fingerprint density at radius 2 is 1.83 bits per heavy atom. The highest BCUT2D eigenvalue weighted by atomic mass is 16.5. The van der Waals surface area contributed by atoms with E-state index in [4.69, 9.17) is 9.47 Å². The molecule has 8 heteroatoms. The monoisotopic (exact) mass is 402 g/mol. The van der Waals surface area contributed by atoms with Crippen molar-refractivity contribution in [3.8, 4) is 17.3 Å². The predicted molar refractivity (Wildman–Crippen MR) is 111 cm³/mol.